The third-order valence-electron chi connectivity index (χ3n) is 2.72. The molecule has 0 unspecified atom stereocenters. The molecule has 19 heavy (non-hydrogen) atoms. The summed E-state index contributed by atoms with van der Waals surface area (Å²) in [6, 6.07) is 15.4. The predicted octanol–water partition coefficient (Wildman–Crippen LogP) is 4.35. The van der Waals surface area contributed by atoms with Crippen LogP contribution < -0.4 is 5.32 Å². The molecule has 98 valence electrons. The van der Waals surface area contributed by atoms with Gasteiger partial charge in [0.1, 0.15) is 6.61 Å². The molecule has 0 fully saturated rings. The molecule has 0 aliphatic heterocycles. The Kier molecular flexibility index (Phi) is 4.79. The van der Waals surface area contributed by atoms with E-state index in [2.05, 4.69) is 27.9 Å². The average Bonchev–Trinajstić information content (AvgIpc) is 2.43. The van der Waals surface area contributed by atoms with E-state index in [1.54, 1.807) is 0 Å². The number of nitrogens with one attached hydrogen (secondary N) is 1. The van der Waals surface area contributed by atoms with Gasteiger partial charge in [-0.15, -0.1) is 0 Å². The summed E-state index contributed by atoms with van der Waals surface area (Å²) in [6.07, 6.45) is -0.436. The highest BCUT2D eigenvalue weighted by molar-refractivity contribution is 14.1. The van der Waals surface area contributed by atoms with Crippen molar-refractivity contribution in [2.45, 2.75) is 13.5 Å². The summed E-state index contributed by atoms with van der Waals surface area (Å²) in [6.45, 7) is 2.24. The zero-order valence-corrected chi connectivity index (χ0v) is 12.7. The van der Waals surface area contributed by atoms with Crippen molar-refractivity contribution in [3.8, 4) is 0 Å². The molecule has 1 N–H and O–H groups in total. The molecule has 0 spiro atoms. The van der Waals surface area contributed by atoms with Gasteiger partial charge < -0.3 is 4.74 Å². The zero-order chi connectivity index (χ0) is 13.7. The third kappa shape index (κ3) is 3.96. The largest absolute Gasteiger partial charge is 0.444 e. The molecule has 0 aliphatic rings. The van der Waals surface area contributed by atoms with Crippen molar-refractivity contribution in [2.24, 2.45) is 0 Å². The van der Waals surface area contributed by atoms with E-state index in [9.17, 15) is 4.79 Å². The van der Waals surface area contributed by atoms with Crippen molar-refractivity contribution < 1.29 is 9.53 Å². The van der Waals surface area contributed by atoms with Crippen LogP contribution >= 0.6 is 22.6 Å². The SMILES string of the molecule is Cc1c(I)cccc1NC(=O)OCc1ccccc1. The molecular formula is C15H14INO2. The molecule has 0 radical (unpaired) electrons. The monoisotopic (exact) mass is 367 g/mol. The summed E-state index contributed by atoms with van der Waals surface area (Å²) in [4.78, 5) is 11.7. The Morgan fingerprint density at radius 3 is 2.63 bits per heavy atom. The number of halogens is 1. The molecule has 3 nitrogen and oxygen atoms in total. The normalized spacial score (nSPS) is 10.0. The second kappa shape index (κ2) is 6.56. The average molecular weight is 367 g/mol. The van der Waals surface area contributed by atoms with E-state index in [4.69, 9.17) is 4.74 Å². The fourth-order valence-corrected chi connectivity index (χ4v) is 2.11. The Morgan fingerprint density at radius 2 is 1.89 bits per heavy atom. The van der Waals surface area contributed by atoms with E-state index in [1.807, 2.05) is 55.5 Å². The Hall–Kier alpha value is -1.56. The summed E-state index contributed by atoms with van der Waals surface area (Å²) < 4.78 is 6.28. The first kappa shape index (κ1) is 13.9. The van der Waals surface area contributed by atoms with E-state index in [1.165, 1.54) is 0 Å². The van der Waals surface area contributed by atoms with Crippen LogP contribution in [0.15, 0.2) is 48.5 Å². The molecule has 0 saturated heterocycles. The number of hydrogen-bond acceptors (Lipinski definition) is 2. The Balaban J connectivity index is 1.93. The lowest BCUT2D eigenvalue weighted by molar-refractivity contribution is 0.155. The number of carbonyl (C=O) groups is 1. The number of anilines is 1. The molecule has 0 saturated carbocycles. The second-order valence-corrected chi connectivity index (χ2v) is 5.26. The summed E-state index contributed by atoms with van der Waals surface area (Å²) in [7, 11) is 0. The first-order chi connectivity index (χ1) is 9.16. The summed E-state index contributed by atoms with van der Waals surface area (Å²) in [5.41, 5.74) is 2.79. The Bertz CT molecular complexity index is 570. The third-order valence-corrected chi connectivity index (χ3v) is 3.89. The number of ether oxygens (including phenoxy) is 1. The van der Waals surface area contributed by atoms with Crippen molar-refractivity contribution in [3.05, 3.63) is 63.2 Å². The minimum Gasteiger partial charge on any atom is -0.444 e. The summed E-state index contributed by atoms with van der Waals surface area (Å²) >= 11 is 2.24. The smallest absolute Gasteiger partial charge is 0.411 e. The van der Waals surface area contributed by atoms with Gasteiger partial charge in [-0.05, 0) is 52.8 Å². The van der Waals surface area contributed by atoms with Crippen LogP contribution in [0.2, 0.25) is 0 Å². The minimum absolute atomic E-state index is 0.273. The quantitative estimate of drug-likeness (QED) is 0.820. The number of amides is 1. The molecule has 0 atom stereocenters. The molecule has 4 heteroatoms. The van der Waals surface area contributed by atoms with Crippen molar-refractivity contribution in [1.29, 1.82) is 0 Å². The van der Waals surface area contributed by atoms with E-state index in [0.717, 1.165) is 20.4 Å². The van der Waals surface area contributed by atoms with Crippen LogP contribution in [0.4, 0.5) is 10.5 Å². The van der Waals surface area contributed by atoms with E-state index >= 15 is 0 Å². The molecule has 2 rings (SSSR count). The van der Waals surface area contributed by atoms with Crippen molar-refractivity contribution in [1.82, 2.24) is 0 Å². The summed E-state index contributed by atoms with van der Waals surface area (Å²) in [5.74, 6) is 0. The lowest BCUT2D eigenvalue weighted by Crippen LogP contribution is -2.14. The molecule has 2 aromatic carbocycles. The molecular weight excluding hydrogens is 353 g/mol. The molecule has 0 heterocycles. The van der Waals surface area contributed by atoms with Crippen LogP contribution in [0.1, 0.15) is 11.1 Å². The van der Waals surface area contributed by atoms with Gasteiger partial charge in [0.05, 0.1) is 0 Å². The second-order valence-electron chi connectivity index (χ2n) is 4.10. The van der Waals surface area contributed by atoms with Crippen LogP contribution in [0.25, 0.3) is 0 Å². The van der Waals surface area contributed by atoms with Gasteiger partial charge in [0.15, 0.2) is 0 Å². The highest BCUT2D eigenvalue weighted by atomic mass is 127. The van der Waals surface area contributed by atoms with Gasteiger partial charge in [-0.3, -0.25) is 5.32 Å². The zero-order valence-electron chi connectivity index (χ0n) is 10.5. The summed E-state index contributed by atoms with van der Waals surface area (Å²) in [5, 5.41) is 2.76. The number of benzene rings is 2. The van der Waals surface area contributed by atoms with Gasteiger partial charge in [0, 0.05) is 9.26 Å². The maximum absolute atomic E-state index is 11.7. The Labute approximate surface area is 126 Å². The fraction of sp³-hybridized carbons (Fsp3) is 0.133. The van der Waals surface area contributed by atoms with Crippen LogP contribution in [0.3, 0.4) is 0 Å². The van der Waals surface area contributed by atoms with Gasteiger partial charge in [-0.2, -0.15) is 0 Å². The van der Waals surface area contributed by atoms with Gasteiger partial charge in [0.2, 0.25) is 0 Å². The van der Waals surface area contributed by atoms with Crippen LogP contribution in [0, 0.1) is 10.5 Å². The van der Waals surface area contributed by atoms with Gasteiger partial charge in [-0.25, -0.2) is 4.79 Å². The molecule has 1 amide bonds. The first-order valence-electron chi connectivity index (χ1n) is 5.89. The number of rotatable bonds is 3. The van der Waals surface area contributed by atoms with Gasteiger partial charge >= 0.3 is 6.09 Å². The standard InChI is InChI=1S/C15H14INO2/c1-11-13(16)8-5-9-14(11)17-15(18)19-10-12-6-3-2-4-7-12/h2-9H,10H2,1H3,(H,17,18). The predicted molar refractivity (Wildman–Crippen MR) is 84.1 cm³/mol. The van der Waals surface area contributed by atoms with E-state index < -0.39 is 6.09 Å². The van der Waals surface area contributed by atoms with E-state index in [-0.39, 0.29) is 6.61 Å². The molecule has 0 aromatic heterocycles. The lowest BCUT2D eigenvalue weighted by Gasteiger charge is -2.10. The Morgan fingerprint density at radius 1 is 1.16 bits per heavy atom. The number of hydrogen-bond donors (Lipinski definition) is 1. The van der Waals surface area contributed by atoms with Crippen molar-refractivity contribution >= 4 is 34.4 Å². The molecule has 0 aliphatic carbocycles. The van der Waals surface area contributed by atoms with Crippen LogP contribution in [0.5, 0.6) is 0 Å². The van der Waals surface area contributed by atoms with Gasteiger partial charge in [-0.1, -0.05) is 36.4 Å². The fourth-order valence-electron chi connectivity index (χ4n) is 1.61. The topological polar surface area (TPSA) is 38.3 Å². The highest BCUT2D eigenvalue weighted by Crippen LogP contribution is 2.20. The number of carbonyl (C=O) groups excluding carboxylic acids is 1. The van der Waals surface area contributed by atoms with Crippen molar-refractivity contribution in [2.75, 3.05) is 5.32 Å². The van der Waals surface area contributed by atoms with Gasteiger partial charge in [0.25, 0.3) is 0 Å². The van der Waals surface area contributed by atoms with E-state index in [0.29, 0.717) is 0 Å². The van der Waals surface area contributed by atoms with Crippen LogP contribution in [-0.4, -0.2) is 6.09 Å². The molecule has 0 bridgehead atoms. The highest BCUT2D eigenvalue weighted by Gasteiger charge is 2.07. The maximum Gasteiger partial charge on any atom is 0.411 e. The maximum atomic E-state index is 11.7. The minimum atomic E-state index is -0.436. The first-order valence-corrected chi connectivity index (χ1v) is 6.97. The van der Waals surface area contributed by atoms with Crippen LogP contribution in [-0.2, 0) is 11.3 Å². The molecule has 2 aromatic rings. The lowest BCUT2D eigenvalue weighted by atomic mass is 10.2. The van der Waals surface area contributed by atoms with Crippen molar-refractivity contribution in [3.63, 3.8) is 0 Å².